The molecular weight excluding hydrogens is 654 g/mol. The van der Waals surface area contributed by atoms with Gasteiger partial charge in [0.2, 0.25) is 0 Å². The summed E-state index contributed by atoms with van der Waals surface area (Å²) in [6, 6.07) is 32.1. The number of hydrogen-bond acceptors (Lipinski definition) is 8. The van der Waals surface area contributed by atoms with Crippen molar-refractivity contribution >= 4 is 5.91 Å². The number of nitrogens with one attached hydrogen (secondary N) is 1. The number of carbonyl (C=O) groups is 1. The van der Waals surface area contributed by atoms with Crippen LogP contribution in [0.15, 0.2) is 109 Å². The summed E-state index contributed by atoms with van der Waals surface area (Å²) in [6.45, 7) is 5.03. The van der Waals surface area contributed by atoms with E-state index in [4.69, 9.17) is 18.9 Å². The fourth-order valence-corrected chi connectivity index (χ4v) is 7.23. The Hall–Kier alpha value is -5.06. The molecule has 4 atom stereocenters. The molecule has 4 unspecified atom stereocenters. The van der Waals surface area contributed by atoms with Gasteiger partial charge in [-0.3, -0.25) is 14.7 Å². The third kappa shape index (κ3) is 7.73. The normalized spacial score (nSPS) is 20.2. The SMILES string of the molecule is COc1cc2c(cc1OC)CN(CC1OC(c3ccc(-c4ccccc4CNC(=O)c4cccnc4)cc3)OC(c3ccc(CO)cc3)C1C)CC2. The van der Waals surface area contributed by atoms with Gasteiger partial charge < -0.3 is 29.4 Å². The van der Waals surface area contributed by atoms with Crippen LogP contribution in [-0.2, 0) is 35.6 Å². The highest BCUT2D eigenvalue weighted by atomic mass is 16.7. The lowest BCUT2D eigenvalue weighted by atomic mass is 9.89. The van der Waals surface area contributed by atoms with E-state index in [0.717, 1.165) is 70.9 Å². The largest absolute Gasteiger partial charge is 0.493 e. The van der Waals surface area contributed by atoms with Gasteiger partial charge in [0.1, 0.15) is 0 Å². The summed E-state index contributed by atoms with van der Waals surface area (Å²) in [5, 5.41) is 12.7. The van der Waals surface area contributed by atoms with Gasteiger partial charge in [-0.2, -0.15) is 0 Å². The number of rotatable bonds is 11. The van der Waals surface area contributed by atoms with Crippen LogP contribution in [0.2, 0.25) is 0 Å². The lowest BCUT2D eigenvalue weighted by Crippen LogP contribution is -2.45. The Morgan fingerprint density at radius 1 is 0.904 bits per heavy atom. The van der Waals surface area contributed by atoms with E-state index < -0.39 is 6.29 Å². The van der Waals surface area contributed by atoms with E-state index in [-0.39, 0.29) is 30.6 Å². The molecule has 0 spiro atoms. The summed E-state index contributed by atoms with van der Waals surface area (Å²) in [5.41, 5.74) is 8.99. The van der Waals surface area contributed by atoms with Crippen molar-refractivity contribution in [3.63, 3.8) is 0 Å². The van der Waals surface area contributed by atoms with Crippen LogP contribution in [0.4, 0.5) is 0 Å². The zero-order valence-electron chi connectivity index (χ0n) is 29.8. The second-order valence-corrected chi connectivity index (χ2v) is 13.5. The van der Waals surface area contributed by atoms with Crippen molar-refractivity contribution in [2.75, 3.05) is 27.3 Å². The average molecular weight is 700 g/mol. The minimum atomic E-state index is -0.576. The van der Waals surface area contributed by atoms with Crippen LogP contribution in [-0.4, -0.2) is 54.3 Å². The standard InChI is InChI=1S/C43H45N3O6/c1-28-40(26-46-20-18-33-21-38(49-2)39(50-3)22-36(33)25-46)51-43(52-41(28)31-12-10-29(27-47)11-13-31)32-16-14-30(15-17-32)37-9-5-4-7-34(37)24-45-42(48)35-8-6-19-44-23-35/h4-17,19,21-23,28,40-41,43,47H,18,20,24-27H2,1-3H3,(H,45,48). The number of hydrogen-bond donors (Lipinski definition) is 2. The summed E-state index contributed by atoms with van der Waals surface area (Å²) in [4.78, 5) is 19.2. The maximum Gasteiger partial charge on any atom is 0.253 e. The minimum absolute atomic E-state index is 0.00480. The number of fused-ring (bicyclic) bond motifs is 1. The number of aliphatic hydroxyl groups is 1. The summed E-state index contributed by atoms with van der Waals surface area (Å²) in [5.74, 6) is 1.40. The van der Waals surface area contributed by atoms with Gasteiger partial charge in [0.25, 0.3) is 5.91 Å². The van der Waals surface area contributed by atoms with Crippen molar-refractivity contribution < 1.29 is 28.8 Å². The molecule has 1 aromatic heterocycles. The number of benzene rings is 4. The number of carbonyl (C=O) groups excluding carboxylic acids is 1. The third-order valence-electron chi connectivity index (χ3n) is 10.2. The molecule has 268 valence electrons. The summed E-state index contributed by atoms with van der Waals surface area (Å²) >= 11 is 0. The molecule has 5 aromatic rings. The van der Waals surface area contributed by atoms with Crippen LogP contribution in [0, 0.1) is 5.92 Å². The van der Waals surface area contributed by atoms with Gasteiger partial charge in [-0.25, -0.2) is 0 Å². The second kappa shape index (κ2) is 16.1. The van der Waals surface area contributed by atoms with Crippen LogP contribution in [0.25, 0.3) is 11.1 Å². The molecule has 3 heterocycles. The quantitative estimate of drug-likeness (QED) is 0.152. The Balaban J connectivity index is 1.11. The fourth-order valence-electron chi connectivity index (χ4n) is 7.23. The number of ether oxygens (including phenoxy) is 4. The molecule has 1 amide bonds. The van der Waals surface area contributed by atoms with Gasteiger partial charge in [0, 0.05) is 50.1 Å². The van der Waals surface area contributed by atoms with E-state index in [2.05, 4.69) is 76.7 Å². The first-order chi connectivity index (χ1) is 25.4. The van der Waals surface area contributed by atoms with Crippen LogP contribution >= 0.6 is 0 Å². The predicted molar refractivity (Wildman–Crippen MR) is 199 cm³/mol. The first-order valence-corrected chi connectivity index (χ1v) is 17.8. The summed E-state index contributed by atoms with van der Waals surface area (Å²) in [6.07, 6.45) is 3.25. The van der Waals surface area contributed by atoms with Crippen LogP contribution in [0.3, 0.4) is 0 Å². The van der Waals surface area contributed by atoms with Gasteiger partial charge in [-0.05, 0) is 69.6 Å². The third-order valence-corrected chi connectivity index (χ3v) is 10.2. The smallest absolute Gasteiger partial charge is 0.253 e. The molecule has 9 nitrogen and oxygen atoms in total. The fraction of sp³-hybridized carbons (Fsp3) is 0.302. The molecule has 0 saturated carbocycles. The van der Waals surface area contributed by atoms with Crippen molar-refractivity contribution in [3.8, 4) is 22.6 Å². The number of methoxy groups -OCH3 is 2. The van der Waals surface area contributed by atoms with E-state index >= 15 is 0 Å². The van der Waals surface area contributed by atoms with E-state index in [1.165, 1.54) is 11.1 Å². The Morgan fingerprint density at radius 3 is 2.35 bits per heavy atom. The first-order valence-electron chi connectivity index (χ1n) is 17.8. The number of amides is 1. The molecule has 2 N–H and O–H groups in total. The first kappa shape index (κ1) is 35.3. The van der Waals surface area contributed by atoms with Gasteiger partial charge in [0.05, 0.1) is 38.6 Å². The van der Waals surface area contributed by atoms with Crippen LogP contribution in [0.5, 0.6) is 11.5 Å². The van der Waals surface area contributed by atoms with E-state index in [1.807, 2.05) is 30.3 Å². The topological polar surface area (TPSA) is 102 Å². The molecule has 2 aliphatic rings. The van der Waals surface area contributed by atoms with Crippen LogP contribution < -0.4 is 14.8 Å². The Labute approximate surface area is 305 Å². The average Bonchev–Trinajstić information content (AvgIpc) is 3.20. The maximum absolute atomic E-state index is 12.7. The number of pyridine rings is 1. The Kier molecular flexibility index (Phi) is 10.9. The highest BCUT2D eigenvalue weighted by Gasteiger charge is 2.39. The molecule has 0 bridgehead atoms. The van der Waals surface area contributed by atoms with Gasteiger partial charge in [-0.15, -0.1) is 0 Å². The summed E-state index contributed by atoms with van der Waals surface area (Å²) in [7, 11) is 3.35. The molecule has 0 radical (unpaired) electrons. The number of aromatic nitrogens is 1. The number of nitrogens with zero attached hydrogens (tertiary/aromatic N) is 2. The number of aliphatic hydroxyl groups excluding tert-OH is 1. The lowest BCUT2D eigenvalue weighted by molar-refractivity contribution is -0.276. The highest BCUT2D eigenvalue weighted by molar-refractivity contribution is 5.93. The highest BCUT2D eigenvalue weighted by Crippen LogP contribution is 2.43. The van der Waals surface area contributed by atoms with Crippen molar-refractivity contribution in [2.45, 2.75) is 51.5 Å². The Morgan fingerprint density at radius 2 is 1.63 bits per heavy atom. The molecule has 1 fully saturated rings. The lowest BCUT2D eigenvalue weighted by Gasteiger charge is -2.43. The Bertz CT molecular complexity index is 1970. The summed E-state index contributed by atoms with van der Waals surface area (Å²) < 4.78 is 24.8. The molecule has 9 heteroatoms. The monoisotopic (exact) mass is 699 g/mol. The zero-order valence-corrected chi connectivity index (χ0v) is 29.8. The molecule has 2 aliphatic heterocycles. The van der Waals surface area contributed by atoms with Crippen molar-refractivity contribution in [2.24, 2.45) is 5.92 Å². The molecular formula is C43H45N3O6. The van der Waals surface area contributed by atoms with Crippen molar-refractivity contribution in [3.05, 3.63) is 148 Å². The molecule has 7 rings (SSSR count). The zero-order chi connectivity index (χ0) is 36.0. The molecule has 4 aromatic carbocycles. The van der Waals surface area contributed by atoms with Gasteiger partial charge in [-0.1, -0.05) is 79.7 Å². The predicted octanol–water partition coefficient (Wildman–Crippen LogP) is 7.04. The van der Waals surface area contributed by atoms with Crippen LogP contribution in [0.1, 0.15) is 63.1 Å². The molecule has 52 heavy (non-hydrogen) atoms. The second-order valence-electron chi connectivity index (χ2n) is 13.5. The van der Waals surface area contributed by atoms with E-state index in [1.54, 1.807) is 38.7 Å². The van der Waals surface area contributed by atoms with E-state index in [0.29, 0.717) is 12.1 Å². The van der Waals surface area contributed by atoms with E-state index in [9.17, 15) is 9.90 Å². The van der Waals surface area contributed by atoms with Gasteiger partial charge in [0.15, 0.2) is 17.8 Å². The van der Waals surface area contributed by atoms with Crippen molar-refractivity contribution in [1.29, 1.82) is 0 Å². The van der Waals surface area contributed by atoms with Gasteiger partial charge >= 0.3 is 0 Å². The maximum atomic E-state index is 12.7. The van der Waals surface area contributed by atoms with Crippen molar-refractivity contribution in [1.82, 2.24) is 15.2 Å². The minimum Gasteiger partial charge on any atom is -0.493 e. The molecule has 0 aliphatic carbocycles. The molecule has 1 saturated heterocycles.